The second-order valence-electron chi connectivity index (χ2n) is 5.75. The first kappa shape index (κ1) is 18.7. The molecular formula is C19H26N4O2. The van der Waals surface area contributed by atoms with Gasteiger partial charge in [0.25, 0.3) is 5.91 Å². The summed E-state index contributed by atoms with van der Waals surface area (Å²) in [5.74, 6) is 1.39. The molecule has 0 saturated heterocycles. The molecule has 0 saturated carbocycles. The molecule has 1 amide bonds. The van der Waals surface area contributed by atoms with Gasteiger partial charge >= 0.3 is 0 Å². The number of nitrogens with one attached hydrogen (secondary N) is 1. The van der Waals surface area contributed by atoms with Crippen LogP contribution >= 0.6 is 0 Å². The van der Waals surface area contributed by atoms with Gasteiger partial charge in [-0.2, -0.15) is 0 Å². The van der Waals surface area contributed by atoms with Crippen molar-refractivity contribution in [2.45, 2.75) is 33.2 Å². The number of carbonyl (C=O) groups excluding carboxylic acids is 1. The molecule has 0 fully saturated rings. The molecule has 0 unspecified atom stereocenters. The minimum Gasteiger partial charge on any atom is -0.496 e. The van der Waals surface area contributed by atoms with Crippen molar-refractivity contribution in [1.82, 2.24) is 14.9 Å². The van der Waals surface area contributed by atoms with Crippen LogP contribution in [0.1, 0.15) is 42.7 Å². The van der Waals surface area contributed by atoms with Gasteiger partial charge < -0.3 is 15.0 Å². The zero-order chi connectivity index (χ0) is 18.1. The number of anilines is 1. The van der Waals surface area contributed by atoms with E-state index in [0.29, 0.717) is 18.1 Å². The van der Waals surface area contributed by atoms with E-state index >= 15 is 0 Å². The molecule has 0 radical (unpaired) electrons. The molecule has 0 aliphatic heterocycles. The average molecular weight is 342 g/mol. The number of hydrogen-bond acceptors (Lipinski definition) is 5. The molecule has 134 valence electrons. The third kappa shape index (κ3) is 5.17. The maximum Gasteiger partial charge on any atom is 0.272 e. The summed E-state index contributed by atoms with van der Waals surface area (Å²) in [7, 11) is 1.65. The summed E-state index contributed by atoms with van der Waals surface area (Å²) >= 11 is 0. The van der Waals surface area contributed by atoms with E-state index in [9.17, 15) is 4.79 Å². The maximum atomic E-state index is 12.6. The van der Waals surface area contributed by atoms with E-state index in [1.807, 2.05) is 29.2 Å². The number of hydrogen-bond donors (Lipinski definition) is 1. The number of ether oxygens (including phenoxy) is 1. The molecule has 6 nitrogen and oxygen atoms in total. The van der Waals surface area contributed by atoms with Crippen LogP contribution in [0.3, 0.4) is 0 Å². The number of rotatable bonds is 9. The fourth-order valence-electron chi connectivity index (χ4n) is 2.62. The predicted molar refractivity (Wildman–Crippen MR) is 98.8 cm³/mol. The fourth-order valence-corrected chi connectivity index (χ4v) is 2.62. The Labute approximate surface area is 149 Å². The van der Waals surface area contributed by atoms with Crippen LogP contribution in [-0.4, -0.2) is 41.0 Å². The van der Waals surface area contributed by atoms with Crippen molar-refractivity contribution in [2.24, 2.45) is 0 Å². The summed E-state index contributed by atoms with van der Waals surface area (Å²) in [5, 5.41) is 3.23. The molecule has 0 aliphatic carbocycles. The molecule has 1 aromatic carbocycles. The van der Waals surface area contributed by atoms with Crippen LogP contribution in [0.5, 0.6) is 5.75 Å². The predicted octanol–water partition coefficient (Wildman–Crippen LogP) is 3.36. The summed E-state index contributed by atoms with van der Waals surface area (Å²) in [6.07, 6.45) is 3.28. The SMILES string of the molecule is CCCN(CCC)C(=O)c1cc(NCc2ccccc2OC)ncn1. The molecule has 0 spiro atoms. The molecule has 0 atom stereocenters. The number of nitrogens with zero attached hydrogens (tertiary/aromatic N) is 3. The van der Waals surface area contributed by atoms with Crippen LogP contribution in [0.2, 0.25) is 0 Å². The maximum absolute atomic E-state index is 12.6. The Kier molecular flexibility index (Phi) is 7.19. The topological polar surface area (TPSA) is 67.4 Å². The van der Waals surface area contributed by atoms with Crippen molar-refractivity contribution in [1.29, 1.82) is 0 Å². The molecule has 2 rings (SSSR count). The number of aromatic nitrogens is 2. The highest BCUT2D eigenvalue weighted by Crippen LogP contribution is 2.18. The van der Waals surface area contributed by atoms with Gasteiger partial charge in [0, 0.05) is 31.3 Å². The second kappa shape index (κ2) is 9.61. The van der Waals surface area contributed by atoms with Gasteiger partial charge in [0.15, 0.2) is 0 Å². The number of para-hydroxylation sites is 1. The first-order chi connectivity index (χ1) is 12.2. The van der Waals surface area contributed by atoms with Crippen LogP contribution in [0, 0.1) is 0 Å². The average Bonchev–Trinajstić information content (AvgIpc) is 2.66. The van der Waals surface area contributed by atoms with Crippen LogP contribution in [0.4, 0.5) is 5.82 Å². The van der Waals surface area contributed by atoms with Gasteiger partial charge in [-0.05, 0) is 18.9 Å². The minimum atomic E-state index is -0.0496. The Bertz CT molecular complexity index is 685. The van der Waals surface area contributed by atoms with Gasteiger partial charge in [-0.1, -0.05) is 32.0 Å². The van der Waals surface area contributed by atoms with Crippen molar-refractivity contribution in [3.05, 3.63) is 47.9 Å². The Balaban J connectivity index is 2.09. The van der Waals surface area contributed by atoms with E-state index in [-0.39, 0.29) is 5.91 Å². The van der Waals surface area contributed by atoms with Crippen LogP contribution in [-0.2, 0) is 6.54 Å². The highest BCUT2D eigenvalue weighted by atomic mass is 16.5. The normalized spacial score (nSPS) is 10.4. The molecule has 1 heterocycles. The quantitative estimate of drug-likeness (QED) is 0.757. The second-order valence-corrected chi connectivity index (χ2v) is 5.75. The molecule has 6 heteroatoms. The Hall–Kier alpha value is -2.63. The molecule has 0 bridgehead atoms. The largest absolute Gasteiger partial charge is 0.496 e. The summed E-state index contributed by atoms with van der Waals surface area (Å²) in [6.45, 7) is 6.16. The smallest absolute Gasteiger partial charge is 0.272 e. The molecular weight excluding hydrogens is 316 g/mol. The first-order valence-electron chi connectivity index (χ1n) is 8.66. The van der Waals surface area contributed by atoms with Gasteiger partial charge in [-0.15, -0.1) is 0 Å². The van der Waals surface area contributed by atoms with E-state index in [4.69, 9.17) is 4.74 Å². The van der Waals surface area contributed by atoms with E-state index in [1.165, 1.54) is 6.33 Å². The Morgan fingerprint density at radius 3 is 2.56 bits per heavy atom. The molecule has 0 aliphatic rings. The van der Waals surface area contributed by atoms with Crippen molar-refractivity contribution in [3.63, 3.8) is 0 Å². The van der Waals surface area contributed by atoms with Gasteiger partial charge in [-0.25, -0.2) is 9.97 Å². The number of methoxy groups -OCH3 is 1. The lowest BCUT2D eigenvalue weighted by Gasteiger charge is -2.21. The van der Waals surface area contributed by atoms with Crippen LogP contribution in [0.15, 0.2) is 36.7 Å². The lowest BCUT2D eigenvalue weighted by atomic mass is 10.2. The van der Waals surface area contributed by atoms with Gasteiger partial charge in [0.1, 0.15) is 23.6 Å². The van der Waals surface area contributed by atoms with Gasteiger partial charge in [-0.3, -0.25) is 4.79 Å². The van der Waals surface area contributed by atoms with E-state index < -0.39 is 0 Å². The summed E-state index contributed by atoms with van der Waals surface area (Å²) in [4.78, 5) is 22.8. The zero-order valence-electron chi connectivity index (χ0n) is 15.2. The van der Waals surface area contributed by atoms with Crippen molar-refractivity contribution in [2.75, 3.05) is 25.5 Å². The zero-order valence-corrected chi connectivity index (χ0v) is 15.2. The number of amides is 1. The monoisotopic (exact) mass is 342 g/mol. The van der Waals surface area contributed by atoms with Crippen molar-refractivity contribution < 1.29 is 9.53 Å². The number of benzene rings is 1. The van der Waals surface area contributed by atoms with Crippen molar-refractivity contribution >= 4 is 11.7 Å². The van der Waals surface area contributed by atoms with Gasteiger partial charge in [0.2, 0.25) is 0 Å². The fraction of sp³-hybridized carbons (Fsp3) is 0.421. The minimum absolute atomic E-state index is 0.0496. The lowest BCUT2D eigenvalue weighted by molar-refractivity contribution is 0.0749. The third-order valence-electron chi connectivity index (χ3n) is 3.81. The van der Waals surface area contributed by atoms with Crippen LogP contribution < -0.4 is 10.1 Å². The Morgan fingerprint density at radius 2 is 1.88 bits per heavy atom. The van der Waals surface area contributed by atoms with E-state index in [1.54, 1.807) is 13.2 Å². The summed E-state index contributed by atoms with van der Waals surface area (Å²) < 4.78 is 5.35. The lowest BCUT2D eigenvalue weighted by Crippen LogP contribution is -2.33. The summed E-state index contributed by atoms with van der Waals surface area (Å²) in [6, 6.07) is 9.50. The van der Waals surface area contributed by atoms with E-state index in [2.05, 4.69) is 29.1 Å². The van der Waals surface area contributed by atoms with Gasteiger partial charge in [0.05, 0.1) is 7.11 Å². The summed E-state index contributed by atoms with van der Waals surface area (Å²) in [5.41, 5.74) is 1.44. The molecule has 1 N–H and O–H groups in total. The highest BCUT2D eigenvalue weighted by Gasteiger charge is 2.16. The molecule has 25 heavy (non-hydrogen) atoms. The van der Waals surface area contributed by atoms with Crippen LogP contribution in [0.25, 0.3) is 0 Å². The number of carbonyl (C=O) groups is 1. The Morgan fingerprint density at radius 1 is 1.16 bits per heavy atom. The molecule has 1 aromatic heterocycles. The van der Waals surface area contributed by atoms with E-state index in [0.717, 1.165) is 37.2 Å². The molecule has 2 aromatic rings. The standard InChI is InChI=1S/C19H26N4O2/c1-4-10-23(11-5-2)19(24)16-12-18(22-14-21-16)20-13-15-8-6-7-9-17(15)25-3/h6-9,12,14H,4-5,10-11,13H2,1-3H3,(H,20,21,22). The highest BCUT2D eigenvalue weighted by molar-refractivity contribution is 5.92. The first-order valence-corrected chi connectivity index (χ1v) is 8.66. The third-order valence-corrected chi connectivity index (χ3v) is 3.81. The van der Waals surface area contributed by atoms with Crippen molar-refractivity contribution in [3.8, 4) is 5.75 Å².